The molecule has 30 heavy (non-hydrogen) atoms. The molecule has 8 nitrogen and oxygen atoms in total. The van der Waals surface area contributed by atoms with Crippen LogP contribution in [-0.2, 0) is 11.2 Å². The minimum Gasteiger partial charge on any atom is -0.382 e. The number of hydrogen-bond donors (Lipinski definition) is 2. The number of aliphatic imine (C=N–C) groups is 1. The van der Waals surface area contributed by atoms with E-state index in [1.807, 2.05) is 37.4 Å². The third kappa shape index (κ3) is 5.74. The maximum Gasteiger partial charge on any atom is 0.193 e. The van der Waals surface area contributed by atoms with Gasteiger partial charge in [0.25, 0.3) is 0 Å². The SMILES string of the molecule is CN=C(NCCCc1nn(-c2ccccc2)c(N)c1C#N)N(C)CCOCC1CC1. The quantitative estimate of drug-likeness (QED) is 0.354. The summed E-state index contributed by atoms with van der Waals surface area (Å²) in [7, 11) is 3.78. The number of anilines is 1. The van der Waals surface area contributed by atoms with E-state index in [1.165, 1.54) is 12.8 Å². The Morgan fingerprint density at radius 1 is 1.40 bits per heavy atom. The van der Waals surface area contributed by atoms with E-state index in [2.05, 4.69) is 26.4 Å². The largest absolute Gasteiger partial charge is 0.382 e. The zero-order valence-electron chi connectivity index (χ0n) is 17.8. The third-order valence-electron chi connectivity index (χ3n) is 5.17. The number of ether oxygens (including phenoxy) is 1. The molecule has 1 aliphatic rings. The van der Waals surface area contributed by atoms with Crippen molar-refractivity contribution in [3.63, 3.8) is 0 Å². The molecule has 1 saturated carbocycles. The van der Waals surface area contributed by atoms with Crippen molar-refractivity contribution in [1.29, 1.82) is 5.26 Å². The first-order valence-corrected chi connectivity index (χ1v) is 10.5. The van der Waals surface area contributed by atoms with E-state index < -0.39 is 0 Å². The highest BCUT2D eigenvalue weighted by Gasteiger charge is 2.21. The van der Waals surface area contributed by atoms with E-state index in [-0.39, 0.29) is 0 Å². The summed E-state index contributed by atoms with van der Waals surface area (Å²) in [5.74, 6) is 2.00. The van der Waals surface area contributed by atoms with Crippen molar-refractivity contribution >= 4 is 11.8 Å². The molecular weight excluding hydrogens is 378 g/mol. The summed E-state index contributed by atoms with van der Waals surface area (Å²) in [4.78, 5) is 6.40. The maximum atomic E-state index is 9.52. The Balaban J connectivity index is 1.47. The van der Waals surface area contributed by atoms with E-state index in [0.29, 0.717) is 24.4 Å². The van der Waals surface area contributed by atoms with Crippen LogP contribution in [0.1, 0.15) is 30.5 Å². The van der Waals surface area contributed by atoms with Gasteiger partial charge in [0, 0.05) is 33.8 Å². The molecule has 1 fully saturated rings. The highest BCUT2D eigenvalue weighted by atomic mass is 16.5. The number of para-hydroxylation sites is 1. The Morgan fingerprint density at radius 3 is 2.83 bits per heavy atom. The lowest BCUT2D eigenvalue weighted by Crippen LogP contribution is -2.41. The van der Waals surface area contributed by atoms with Crippen LogP contribution in [0.2, 0.25) is 0 Å². The highest BCUT2D eigenvalue weighted by molar-refractivity contribution is 5.79. The van der Waals surface area contributed by atoms with Crippen molar-refractivity contribution in [2.75, 3.05) is 46.1 Å². The van der Waals surface area contributed by atoms with Crippen molar-refractivity contribution in [2.24, 2.45) is 10.9 Å². The molecule has 0 saturated heterocycles. The molecule has 8 heteroatoms. The molecule has 1 aromatic carbocycles. The van der Waals surface area contributed by atoms with E-state index >= 15 is 0 Å². The first kappa shape index (κ1) is 21.7. The lowest BCUT2D eigenvalue weighted by atomic mass is 10.1. The molecule has 0 amide bonds. The molecule has 0 atom stereocenters. The summed E-state index contributed by atoms with van der Waals surface area (Å²) in [6.45, 7) is 3.10. The number of nitriles is 1. The summed E-state index contributed by atoms with van der Waals surface area (Å²) < 4.78 is 7.34. The van der Waals surface area contributed by atoms with Gasteiger partial charge in [0.1, 0.15) is 17.5 Å². The zero-order valence-corrected chi connectivity index (χ0v) is 17.8. The molecule has 0 spiro atoms. The van der Waals surface area contributed by atoms with Crippen molar-refractivity contribution in [1.82, 2.24) is 20.0 Å². The van der Waals surface area contributed by atoms with Gasteiger partial charge in [-0.3, -0.25) is 4.99 Å². The van der Waals surface area contributed by atoms with Crippen LogP contribution in [0.3, 0.4) is 0 Å². The molecule has 0 aliphatic heterocycles. The zero-order chi connectivity index (χ0) is 21.3. The second-order valence-electron chi connectivity index (χ2n) is 7.58. The maximum absolute atomic E-state index is 9.52. The number of nitrogens with zero attached hydrogens (tertiary/aromatic N) is 5. The van der Waals surface area contributed by atoms with Gasteiger partial charge in [-0.2, -0.15) is 10.4 Å². The number of nitrogens with two attached hydrogens (primary N) is 1. The van der Waals surface area contributed by atoms with E-state index in [0.717, 1.165) is 49.4 Å². The molecule has 1 heterocycles. The van der Waals surface area contributed by atoms with Crippen molar-refractivity contribution < 1.29 is 4.74 Å². The van der Waals surface area contributed by atoms with Gasteiger partial charge < -0.3 is 20.7 Å². The van der Waals surface area contributed by atoms with Crippen LogP contribution in [0.5, 0.6) is 0 Å². The summed E-state index contributed by atoms with van der Waals surface area (Å²) in [5, 5.41) is 17.5. The Hall–Kier alpha value is -3.05. The van der Waals surface area contributed by atoms with Crippen LogP contribution < -0.4 is 11.1 Å². The van der Waals surface area contributed by atoms with Crippen LogP contribution in [0.25, 0.3) is 5.69 Å². The number of benzene rings is 1. The fourth-order valence-corrected chi connectivity index (χ4v) is 3.22. The van der Waals surface area contributed by atoms with Gasteiger partial charge in [-0.15, -0.1) is 0 Å². The molecule has 160 valence electrons. The number of hydrogen-bond acceptors (Lipinski definition) is 5. The normalized spacial score (nSPS) is 13.8. The first-order valence-electron chi connectivity index (χ1n) is 10.5. The number of likely N-dealkylation sites (N-methyl/N-ethyl adjacent to an activating group) is 1. The van der Waals surface area contributed by atoms with E-state index in [1.54, 1.807) is 11.7 Å². The standard InChI is InChI=1S/C22H31N7O/c1-25-22(28(2)13-14-30-16-17-10-11-17)26-12-6-9-20-19(15-23)21(24)29(27-20)18-7-4-3-5-8-18/h3-5,7-8,17H,6,9-14,16,24H2,1-2H3,(H,25,26). The number of aromatic nitrogens is 2. The number of nitrogens with one attached hydrogen (secondary N) is 1. The van der Waals surface area contributed by atoms with Crippen molar-refractivity contribution in [2.45, 2.75) is 25.7 Å². The minimum absolute atomic E-state index is 0.383. The predicted octanol–water partition coefficient (Wildman–Crippen LogP) is 2.19. The molecule has 3 rings (SSSR count). The van der Waals surface area contributed by atoms with E-state index in [9.17, 15) is 5.26 Å². The smallest absolute Gasteiger partial charge is 0.193 e. The van der Waals surface area contributed by atoms with E-state index in [4.69, 9.17) is 10.5 Å². The summed E-state index contributed by atoms with van der Waals surface area (Å²) in [6, 6.07) is 11.8. The number of aryl methyl sites for hydroxylation is 1. The summed E-state index contributed by atoms with van der Waals surface area (Å²) in [5.41, 5.74) is 8.19. The fourth-order valence-electron chi connectivity index (χ4n) is 3.22. The summed E-state index contributed by atoms with van der Waals surface area (Å²) in [6.07, 6.45) is 4.08. The third-order valence-corrected chi connectivity index (χ3v) is 5.17. The van der Waals surface area contributed by atoms with Gasteiger partial charge in [-0.25, -0.2) is 4.68 Å². The minimum atomic E-state index is 0.383. The molecule has 2 aromatic rings. The molecule has 0 bridgehead atoms. The number of rotatable bonds is 10. The highest BCUT2D eigenvalue weighted by Crippen LogP contribution is 2.28. The molecule has 1 aliphatic carbocycles. The lowest BCUT2D eigenvalue weighted by molar-refractivity contribution is 0.115. The second-order valence-corrected chi connectivity index (χ2v) is 7.58. The Bertz CT molecular complexity index is 881. The molecule has 0 radical (unpaired) electrons. The molecule has 0 unspecified atom stereocenters. The average molecular weight is 410 g/mol. The van der Waals surface area contributed by atoms with Gasteiger partial charge in [-0.1, -0.05) is 18.2 Å². The average Bonchev–Trinajstić information content (AvgIpc) is 3.54. The van der Waals surface area contributed by atoms with Gasteiger partial charge in [0.2, 0.25) is 0 Å². The van der Waals surface area contributed by atoms with Gasteiger partial charge in [-0.05, 0) is 43.7 Å². The van der Waals surface area contributed by atoms with Gasteiger partial charge in [0.15, 0.2) is 5.96 Å². The topological polar surface area (TPSA) is 104 Å². The Kier molecular flexibility index (Phi) is 7.69. The first-order chi connectivity index (χ1) is 14.6. The van der Waals surface area contributed by atoms with Gasteiger partial charge >= 0.3 is 0 Å². The predicted molar refractivity (Wildman–Crippen MR) is 119 cm³/mol. The monoisotopic (exact) mass is 409 g/mol. The number of guanidine groups is 1. The Morgan fingerprint density at radius 2 is 2.17 bits per heavy atom. The van der Waals surface area contributed by atoms with Crippen LogP contribution >= 0.6 is 0 Å². The van der Waals surface area contributed by atoms with Crippen LogP contribution in [0.4, 0.5) is 5.82 Å². The van der Waals surface area contributed by atoms with Crippen LogP contribution in [-0.4, -0.2) is 61.0 Å². The summed E-state index contributed by atoms with van der Waals surface area (Å²) >= 11 is 0. The van der Waals surface area contributed by atoms with Crippen molar-refractivity contribution in [3.05, 3.63) is 41.6 Å². The van der Waals surface area contributed by atoms with Crippen LogP contribution in [0, 0.1) is 17.2 Å². The molecule has 3 N–H and O–H groups in total. The second kappa shape index (κ2) is 10.6. The molecular formula is C22H31N7O. The Labute approximate surface area is 178 Å². The molecule has 1 aromatic heterocycles. The lowest BCUT2D eigenvalue weighted by Gasteiger charge is -2.22. The fraction of sp³-hybridized carbons (Fsp3) is 0.500. The van der Waals surface area contributed by atoms with Gasteiger partial charge in [0.05, 0.1) is 18.0 Å². The van der Waals surface area contributed by atoms with Crippen molar-refractivity contribution in [3.8, 4) is 11.8 Å². The number of nitrogen functional groups attached to an aromatic ring is 1. The van der Waals surface area contributed by atoms with Crippen LogP contribution in [0.15, 0.2) is 35.3 Å².